The SMILES string of the molecule is CCc1ccc([C@H](CCO)N2CCNCC2)cc1.Cl. The molecule has 0 amide bonds. The highest BCUT2D eigenvalue weighted by Gasteiger charge is 2.21. The van der Waals surface area contributed by atoms with Crippen molar-refractivity contribution in [3.05, 3.63) is 35.4 Å². The molecule has 1 saturated heterocycles. The highest BCUT2D eigenvalue weighted by molar-refractivity contribution is 5.85. The van der Waals surface area contributed by atoms with Gasteiger partial charge in [-0.3, -0.25) is 4.90 Å². The van der Waals surface area contributed by atoms with Crippen LogP contribution in [0.2, 0.25) is 0 Å². The summed E-state index contributed by atoms with van der Waals surface area (Å²) < 4.78 is 0. The van der Waals surface area contributed by atoms with Gasteiger partial charge in [-0.1, -0.05) is 31.2 Å². The molecule has 2 N–H and O–H groups in total. The number of hydrogen-bond donors (Lipinski definition) is 2. The second-order valence-corrected chi connectivity index (χ2v) is 4.91. The van der Waals surface area contributed by atoms with E-state index >= 15 is 0 Å². The summed E-state index contributed by atoms with van der Waals surface area (Å²) in [7, 11) is 0. The molecule has 0 spiro atoms. The minimum Gasteiger partial charge on any atom is -0.396 e. The van der Waals surface area contributed by atoms with Gasteiger partial charge in [0.15, 0.2) is 0 Å². The molecule has 0 unspecified atom stereocenters. The predicted molar refractivity (Wildman–Crippen MR) is 82.0 cm³/mol. The number of rotatable bonds is 5. The standard InChI is InChI=1S/C15H24N2O.ClH/c1-2-13-3-5-14(6-4-13)15(7-12-18)17-10-8-16-9-11-17;/h3-6,15-16,18H,2,7-12H2,1H3;1H/t15-;/m0./s1. The molecule has 1 atom stereocenters. The van der Waals surface area contributed by atoms with Crippen molar-refractivity contribution in [2.24, 2.45) is 0 Å². The second kappa shape index (κ2) is 8.54. The lowest BCUT2D eigenvalue weighted by atomic mass is 9.99. The van der Waals surface area contributed by atoms with Gasteiger partial charge in [0.1, 0.15) is 0 Å². The van der Waals surface area contributed by atoms with E-state index in [2.05, 4.69) is 41.4 Å². The highest BCUT2D eigenvalue weighted by atomic mass is 35.5. The maximum atomic E-state index is 9.29. The fraction of sp³-hybridized carbons (Fsp3) is 0.600. The van der Waals surface area contributed by atoms with Gasteiger partial charge in [-0.2, -0.15) is 0 Å². The number of aryl methyl sites for hydroxylation is 1. The van der Waals surface area contributed by atoms with Gasteiger partial charge in [0.2, 0.25) is 0 Å². The van der Waals surface area contributed by atoms with E-state index in [4.69, 9.17) is 0 Å². The lowest BCUT2D eigenvalue weighted by Gasteiger charge is -2.35. The zero-order valence-corrected chi connectivity index (χ0v) is 12.5. The smallest absolute Gasteiger partial charge is 0.0449 e. The van der Waals surface area contributed by atoms with Crippen LogP contribution in [-0.2, 0) is 6.42 Å². The lowest BCUT2D eigenvalue weighted by Crippen LogP contribution is -2.45. The summed E-state index contributed by atoms with van der Waals surface area (Å²) in [5, 5.41) is 12.7. The number of halogens is 1. The Morgan fingerprint density at radius 1 is 1.21 bits per heavy atom. The minimum atomic E-state index is 0. The van der Waals surface area contributed by atoms with Crippen molar-refractivity contribution in [2.45, 2.75) is 25.8 Å². The van der Waals surface area contributed by atoms with Crippen LogP contribution in [0.5, 0.6) is 0 Å². The third kappa shape index (κ3) is 4.46. The first-order chi connectivity index (χ1) is 8.85. The number of nitrogens with one attached hydrogen (secondary N) is 1. The molecular weight excluding hydrogens is 260 g/mol. The Morgan fingerprint density at radius 3 is 2.37 bits per heavy atom. The maximum Gasteiger partial charge on any atom is 0.0449 e. The molecule has 108 valence electrons. The second-order valence-electron chi connectivity index (χ2n) is 4.91. The number of aliphatic hydroxyl groups is 1. The number of hydrogen-bond acceptors (Lipinski definition) is 3. The summed E-state index contributed by atoms with van der Waals surface area (Å²) in [6.45, 7) is 6.67. The van der Waals surface area contributed by atoms with Crippen LogP contribution in [-0.4, -0.2) is 42.8 Å². The molecule has 0 radical (unpaired) electrons. The van der Waals surface area contributed by atoms with Crippen molar-refractivity contribution < 1.29 is 5.11 Å². The molecule has 0 bridgehead atoms. The van der Waals surface area contributed by atoms with E-state index in [0.29, 0.717) is 6.04 Å². The first kappa shape index (κ1) is 16.4. The first-order valence-electron chi connectivity index (χ1n) is 6.99. The molecule has 1 aliphatic rings. The van der Waals surface area contributed by atoms with Gasteiger partial charge in [-0.25, -0.2) is 0 Å². The molecule has 1 aromatic carbocycles. The van der Waals surface area contributed by atoms with Crippen LogP contribution in [0.25, 0.3) is 0 Å². The number of benzene rings is 1. The Hall–Kier alpha value is -0.610. The minimum absolute atomic E-state index is 0. The summed E-state index contributed by atoms with van der Waals surface area (Å²) in [5.74, 6) is 0. The molecule has 1 aromatic rings. The van der Waals surface area contributed by atoms with Gasteiger partial charge in [-0.15, -0.1) is 12.4 Å². The van der Waals surface area contributed by atoms with Gasteiger partial charge in [0, 0.05) is 38.8 Å². The molecule has 0 aliphatic carbocycles. The summed E-state index contributed by atoms with van der Waals surface area (Å²) in [4.78, 5) is 2.48. The van der Waals surface area contributed by atoms with E-state index in [1.807, 2.05) is 0 Å². The van der Waals surface area contributed by atoms with Crippen molar-refractivity contribution in [3.8, 4) is 0 Å². The summed E-state index contributed by atoms with van der Waals surface area (Å²) >= 11 is 0. The van der Waals surface area contributed by atoms with Crippen LogP contribution < -0.4 is 5.32 Å². The highest BCUT2D eigenvalue weighted by Crippen LogP contribution is 2.24. The van der Waals surface area contributed by atoms with E-state index < -0.39 is 0 Å². The van der Waals surface area contributed by atoms with Gasteiger partial charge in [-0.05, 0) is 24.0 Å². The van der Waals surface area contributed by atoms with Crippen LogP contribution in [0.15, 0.2) is 24.3 Å². The van der Waals surface area contributed by atoms with Gasteiger partial charge < -0.3 is 10.4 Å². The molecule has 4 heteroatoms. The zero-order chi connectivity index (χ0) is 12.8. The van der Waals surface area contributed by atoms with Crippen LogP contribution in [0.1, 0.15) is 30.5 Å². The largest absolute Gasteiger partial charge is 0.396 e. The summed E-state index contributed by atoms with van der Waals surface area (Å²) in [5.41, 5.74) is 2.71. The topological polar surface area (TPSA) is 35.5 Å². The Bertz CT molecular complexity index is 350. The van der Waals surface area contributed by atoms with Gasteiger partial charge in [0.05, 0.1) is 0 Å². The third-order valence-electron chi connectivity index (χ3n) is 3.77. The van der Waals surface area contributed by atoms with Gasteiger partial charge >= 0.3 is 0 Å². The molecule has 19 heavy (non-hydrogen) atoms. The predicted octanol–water partition coefficient (Wildman–Crippen LogP) is 2.00. The van der Waals surface area contributed by atoms with Crippen LogP contribution in [0, 0.1) is 0 Å². The zero-order valence-electron chi connectivity index (χ0n) is 11.6. The van der Waals surface area contributed by atoms with Crippen LogP contribution in [0.3, 0.4) is 0 Å². The van der Waals surface area contributed by atoms with Crippen molar-refractivity contribution in [1.82, 2.24) is 10.2 Å². The first-order valence-corrected chi connectivity index (χ1v) is 6.99. The summed E-state index contributed by atoms with van der Waals surface area (Å²) in [6.07, 6.45) is 1.91. The van der Waals surface area contributed by atoms with E-state index in [1.165, 1.54) is 11.1 Å². The van der Waals surface area contributed by atoms with E-state index in [0.717, 1.165) is 39.0 Å². The van der Waals surface area contributed by atoms with E-state index in [1.54, 1.807) is 0 Å². The Labute approximate surface area is 122 Å². The molecule has 2 rings (SSSR count). The monoisotopic (exact) mass is 284 g/mol. The van der Waals surface area contributed by atoms with Crippen molar-refractivity contribution in [1.29, 1.82) is 0 Å². The van der Waals surface area contributed by atoms with Crippen LogP contribution in [0.4, 0.5) is 0 Å². The maximum absolute atomic E-state index is 9.29. The van der Waals surface area contributed by atoms with Crippen molar-refractivity contribution in [3.63, 3.8) is 0 Å². The van der Waals surface area contributed by atoms with Crippen molar-refractivity contribution in [2.75, 3.05) is 32.8 Å². The van der Waals surface area contributed by atoms with E-state index in [9.17, 15) is 5.11 Å². The number of aliphatic hydroxyl groups excluding tert-OH is 1. The van der Waals surface area contributed by atoms with Gasteiger partial charge in [0.25, 0.3) is 0 Å². The average Bonchev–Trinajstić information content (AvgIpc) is 2.46. The molecule has 1 aliphatic heterocycles. The molecule has 3 nitrogen and oxygen atoms in total. The molecular formula is C15H25ClN2O. The van der Waals surface area contributed by atoms with Crippen LogP contribution >= 0.6 is 12.4 Å². The third-order valence-corrected chi connectivity index (χ3v) is 3.77. The molecule has 1 heterocycles. The Morgan fingerprint density at radius 2 is 1.84 bits per heavy atom. The normalized spacial score (nSPS) is 17.8. The Balaban J connectivity index is 0.00000180. The molecule has 0 aromatic heterocycles. The summed E-state index contributed by atoms with van der Waals surface area (Å²) in [6, 6.07) is 9.23. The number of nitrogens with zero attached hydrogens (tertiary/aromatic N) is 1. The molecule has 0 saturated carbocycles. The Kier molecular flexibility index (Phi) is 7.39. The molecule has 1 fully saturated rings. The fourth-order valence-electron chi connectivity index (χ4n) is 2.65. The average molecular weight is 285 g/mol. The van der Waals surface area contributed by atoms with Crippen molar-refractivity contribution >= 4 is 12.4 Å². The fourth-order valence-corrected chi connectivity index (χ4v) is 2.65. The lowest BCUT2D eigenvalue weighted by molar-refractivity contribution is 0.141. The van der Waals surface area contributed by atoms with E-state index in [-0.39, 0.29) is 19.0 Å². The quantitative estimate of drug-likeness (QED) is 0.868. The number of piperazine rings is 1.